The molecule has 2 aromatic rings. The molecule has 6 heteroatoms. The van der Waals surface area contributed by atoms with Crippen LogP contribution in [0.1, 0.15) is 23.7 Å². The summed E-state index contributed by atoms with van der Waals surface area (Å²) < 4.78 is 33.0. The second-order valence-electron chi connectivity index (χ2n) is 8.27. The predicted octanol–water partition coefficient (Wildman–Crippen LogP) is 4.95. The summed E-state index contributed by atoms with van der Waals surface area (Å²) in [6.07, 6.45) is 4.94. The molecule has 2 aromatic carbocycles. The molecule has 34 heavy (non-hydrogen) atoms. The van der Waals surface area contributed by atoms with Crippen molar-refractivity contribution in [1.29, 1.82) is 0 Å². The van der Waals surface area contributed by atoms with Crippen LogP contribution in [0.5, 0.6) is 0 Å². The van der Waals surface area contributed by atoms with E-state index in [-0.39, 0.29) is 17.4 Å². The lowest BCUT2D eigenvalue weighted by atomic mass is 10.0. The number of carbonyl (C=O) groups is 1. The average molecular weight is 467 g/mol. The molecule has 1 aliphatic rings. The first-order valence-corrected chi connectivity index (χ1v) is 11.6. The largest absolute Gasteiger partial charge is 0.367 e. The van der Waals surface area contributed by atoms with Crippen molar-refractivity contribution >= 4 is 5.78 Å². The number of allylic oxidation sites excluding steroid dienone is 4. The highest BCUT2D eigenvalue weighted by Gasteiger charge is 2.20. The van der Waals surface area contributed by atoms with E-state index in [0.29, 0.717) is 18.6 Å². The lowest BCUT2D eigenvalue weighted by Crippen LogP contribution is -2.47. The van der Waals surface area contributed by atoms with Gasteiger partial charge in [0.1, 0.15) is 17.7 Å². The Balaban J connectivity index is 1.47. The van der Waals surface area contributed by atoms with Gasteiger partial charge < -0.3 is 9.64 Å². The summed E-state index contributed by atoms with van der Waals surface area (Å²) in [5.41, 5.74) is 2.25. The highest BCUT2D eigenvalue weighted by Crippen LogP contribution is 2.26. The van der Waals surface area contributed by atoms with E-state index >= 15 is 0 Å². The number of carbonyl (C=O) groups excluding carboxylic acids is 1. The Morgan fingerprint density at radius 3 is 1.85 bits per heavy atom. The minimum atomic E-state index is -0.392. The van der Waals surface area contributed by atoms with Gasteiger partial charge in [-0.1, -0.05) is 55.7 Å². The van der Waals surface area contributed by atoms with Crippen LogP contribution in [0.25, 0.3) is 0 Å². The van der Waals surface area contributed by atoms with E-state index in [1.165, 1.54) is 24.3 Å². The van der Waals surface area contributed by atoms with Crippen LogP contribution < -0.4 is 0 Å². The molecule has 0 aromatic heterocycles. The van der Waals surface area contributed by atoms with Gasteiger partial charge in [-0.05, 0) is 35.4 Å². The molecule has 1 saturated heterocycles. The van der Waals surface area contributed by atoms with Gasteiger partial charge in [0, 0.05) is 51.3 Å². The maximum Gasteiger partial charge on any atom is 0.164 e. The van der Waals surface area contributed by atoms with Gasteiger partial charge in [0.15, 0.2) is 5.78 Å². The van der Waals surface area contributed by atoms with Crippen LogP contribution in [0.15, 0.2) is 85.5 Å². The topological polar surface area (TPSA) is 32.8 Å². The van der Waals surface area contributed by atoms with Crippen molar-refractivity contribution < 1.29 is 18.3 Å². The molecule has 1 heterocycles. The minimum Gasteiger partial charge on any atom is -0.367 e. The molecule has 0 unspecified atom stereocenters. The Kier molecular flexibility index (Phi) is 9.89. The van der Waals surface area contributed by atoms with Crippen LogP contribution in [0.4, 0.5) is 8.78 Å². The highest BCUT2D eigenvalue weighted by atomic mass is 19.1. The molecule has 0 bridgehead atoms. The number of piperazine rings is 1. The standard InChI is InChI=1S/C28H32F2N2O2/c1-3-5-22(4-2)27(33)14-15-31-16-18-32(19-17-31)20-21-34-28(23-6-10-25(29)11-7-23)24-8-12-26(30)13-9-24/h3-13,28H,1-2,14-21H2/b22-5+. The molecule has 4 nitrogen and oxygen atoms in total. The third kappa shape index (κ3) is 7.55. The summed E-state index contributed by atoms with van der Waals surface area (Å²) in [7, 11) is 0. The van der Waals surface area contributed by atoms with Gasteiger partial charge in [-0.2, -0.15) is 0 Å². The van der Waals surface area contributed by atoms with Crippen LogP contribution in [0, 0.1) is 11.6 Å². The number of ketones is 1. The zero-order valence-corrected chi connectivity index (χ0v) is 19.5. The lowest BCUT2D eigenvalue weighted by molar-refractivity contribution is -0.115. The maximum atomic E-state index is 13.4. The Hall–Kier alpha value is -2.93. The number of nitrogens with zero attached hydrogens (tertiary/aromatic N) is 2. The molecule has 0 saturated carbocycles. The van der Waals surface area contributed by atoms with Crippen molar-refractivity contribution in [3.63, 3.8) is 0 Å². The number of halogens is 2. The number of hydrogen-bond donors (Lipinski definition) is 0. The fraction of sp³-hybridized carbons (Fsp3) is 0.321. The van der Waals surface area contributed by atoms with Gasteiger partial charge in [-0.3, -0.25) is 9.69 Å². The van der Waals surface area contributed by atoms with Gasteiger partial charge in [0.05, 0.1) is 6.61 Å². The first-order chi connectivity index (χ1) is 16.5. The Morgan fingerprint density at radius 2 is 1.38 bits per heavy atom. The van der Waals surface area contributed by atoms with Gasteiger partial charge in [0.2, 0.25) is 0 Å². The van der Waals surface area contributed by atoms with E-state index in [1.807, 2.05) is 0 Å². The third-order valence-electron chi connectivity index (χ3n) is 6.00. The number of rotatable bonds is 12. The Labute approximate surface area is 200 Å². The lowest BCUT2D eigenvalue weighted by Gasteiger charge is -2.34. The van der Waals surface area contributed by atoms with E-state index in [2.05, 4.69) is 23.0 Å². The quantitative estimate of drug-likeness (QED) is 0.328. The van der Waals surface area contributed by atoms with Crippen molar-refractivity contribution in [2.24, 2.45) is 0 Å². The van der Waals surface area contributed by atoms with Gasteiger partial charge in [0.25, 0.3) is 0 Å². The molecule has 0 atom stereocenters. The monoisotopic (exact) mass is 466 g/mol. The van der Waals surface area contributed by atoms with Gasteiger partial charge in [-0.25, -0.2) is 8.78 Å². The van der Waals surface area contributed by atoms with Crippen LogP contribution >= 0.6 is 0 Å². The first kappa shape index (κ1) is 25.7. The molecular weight excluding hydrogens is 434 g/mol. The summed E-state index contributed by atoms with van der Waals surface area (Å²) in [6.45, 7) is 12.9. The average Bonchev–Trinajstić information content (AvgIpc) is 2.86. The van der Waals surface area contributed by atoms with E-state index in [0.717, 1.165) is 50.4 Å². The van der Waals surface area contributed by atoms with Crippen molar-refractivity contribution in [3.05, 3.63) is 108 Å². The molecule has 0 amide bonds. The summed E-state index contributed by atoms with van der Waals surface area (Å²) in [5.74, 6) is -0.532. The second-order valence-corrected chi connectivity index (χ2v) is 8.27. The highest BCUT2D eigenvalue weighted by molar-refractivity contribution is 5.98. The Morgan fingerprint density at radius 1 is 0.882 bits per heavy atom. The number of Topliss-reactive ketones (excluding diaryl/α,β-unsaturated/α-hetero) is 1. The van der Waals surface area contributed by atoms with Gasteiger partial charge in [-0.15, -0.1) is 0 Å². The molecule has 0 aliphatic carbocycles. The normalized spacial score (nSPS) is 15.4. The van der Waals surface area contributed by atoms with Crippen LogP contribution in [-0.4, -0.2) is 61.5 Å². The van der Waals surface area contributed by atoms with E-state index in [9.17, 15) is 13.6 Å². The smallest absolute Gasteiger partial charge is 0.164 e. The molecule has 1 fully saturated rings. The summed E-state index contributed by atoms with van der Waals surface area (Å²) in [4.78, 5) is 16.9. The second kappa shape index (κ2) is 13.1. The summed E-state index contributed by atoms with van der Waals surface area (Å²) >= 11 is 0. The molecular formula is C28H32F2N2O2. The van der Waals surface area contributed by atoms with Crippen molar-refractivity contribution in [1.82, 2.24) is 9.80 Å². The maximum absolute atomic E-state index is 13.4. The molecule has 180 valence electrons. The molecule has 3 rings (SSSR count). The zero-order chi connectivity index (χ0) is 24.3. The fourth-order valence-corrected chi connectivity index (χ4v) is 4.00. The minimum absolute atomic E-state index is 0.0818. The van der Waals surface area contributed by atoms with Crippen molar-refractivity contribution in [2.75, 3.05) is 45.9 Å². The van der Waals surface area contributed by atoms with E-state index in [1.54, 1.807) is 42.5 Å². The molecule has 1 aliphatic heterocycles. The van der Waals surface area contributed by atoms with Crippen molar-refractivity contribution in [2.45, 2.75) is 12.5 Å². The van der Waals surface area contributed by atoms with E-state index < -0.39 is 6.10 Å². The van der Waals surface area contributed by atoms with Crippen LogP contribution in [0.3, 0.4) is 0 Å². The SMILES string of the molecule is C=C/C=C(\C=C)C(=O)CCN1CCN(CCOC(c2ccc(F)cc2)c2ccc(F)cc2)CC1. The zero-order valence-electron chi connectivity index (χ0n) is 19.5. The molecule has 0 spiro atoms. The summed E-state index contributed by atoms with van der Waals surface area (Å²) in [6, 6.07) is 12.4. The predicted molar refractivity (Wildman–Crippen MR) is 132 cm³/mol. The fourth-order valence-electron chi connectivity index (χ4n) is 4.00. The number of benzene rings is 2. The van der Waals surface area contributed by atoms with Crippen molar-refractivity contribution in [3.8, 4) is 0 Å². The molecule has 0 radical (unpaired) electrons. The summed E-state index contributed by atoms with van der Waals surface area (Å²) in [5, 5.41) is 0. The molecule has 0 N–H and O–H groups in total. The number of ether oxygens (including phenoxy) is 1. The first-order valence-electron chi connectivity index (χ1n) is 11.6. The van der Waals surface area contributed by atoms with Crippen LogP contribution in [0.2, 0.25) is 0 Å². The number of hydrogen-bond acceptors (Lipinski definition) is 4. The third-order valence-corrected chi connectivity index (χ3v) is 6.00. The van der Waals surface area contributed by atoms with E-state index in [4.69, 9.17) is 4.74 Å². The van der Waals surface area contributed by atoms with Gasteiger partial charge >= 0.3 is 0 Å². The van der Waals surface area contributed by atoms with Crippen LogP contribution in [-0.2, 0) is 9.53 Å². The Bertz CT molecular complexity index is 933.